The second-order valence-corrected chi connectivity index (χ2v) is 2.10. The van der Waals surface area contributed by atoms with Gasteiger partial charge in [-0.3, -0.25) is 4.79 Å². The minimum atomic E-state index is -0.979. The van der Waals surface area contributed by atoms with Crippen LogP contribution in [-0.4, -0.2) is 15.9 Å². The van der Waals surface area contributed by atoms with Crippen molar-refractivity contribution in [3.05, 3.63) is 24.3 Å². The van der Waals surface area contributed by atoms with Crippen molar-refractivity contribution in [3.63, 3.8) is 0 Å². The van der Waals surface area contributed by atoms with E-state index in [2.05, 4.69) is 9.97 Å². The van der Waals surface area contributed by atoms with E-state index in [1.165, 1.54) is 18.6 Å². The molecule has 0 aliphatic carbocycles. The minimum Gasteiger partial charge on any atom is -0.368 e. The standard InChI is InChI=1S/C7H6N4O/c8-3-5(7(9)12)6-1-2-10-4-11-6/h1-2,4-5H,(H2,9,12). The molecule has 2 N–H and O–H groups in total. The topological polar surface area (TPSA) is 92.7 Å². The molecule has 12 heavy (non-hydrogen) atoms. The molecule has 0 aromatic carbocycles. The Morgan fingerprint density at radius 1 is 1.75 bits per heavy atom. The van der Waals surface area contributed by atoms with Gasteiger partial charge >= 0.3 is 0 Å². The van der Waals surface area contributed by atoms with Crippen LogP contribution in [0.5, 0.6) is 0 Å². The van der Waals surface area contributed by atoms with Crippen molar-refractivity contribution in [1.82, 2.24) is 9.97 Å². The van der Waals surface area contributed by atoms with Crippen LogP contribution in [0.1, 0.15) is 11.6 Å². The summed E-state index contributed by atoms with van der Waals surface area (Å²) in [5.41, 5.74) is 5.29. The Bertz CT molecular complexity index is 316. The molecule has 0 aliphatic heterocycles. The summed E-state index contributed by atoms with van der Waals surface area (Å²) >= 11 is 0. The molecular weight excluding hydrogens is 156 g/mol. The monoisotopic (exact) mass is 162 g/mol. The number of amides is 1. The molecule has 1 unspecified atom stereocenters. The van der Waals surface area contributed by atoms with Gasteiger partial charge in [-0.2, -0.15) is 5.26 Å². The predicted molar refractivity (Wildman–Crippen MR) is 39.6 cm³/mol. The summed E-state index contributed by atoms with van der Waals surface area (Å²) in [4.78, 5) is 18.1. The van der Waals surface area contributed by atoms with Gasteiger partial charge in [-0.15, -0.1) is 0 Å². The van der Waals surface area contributed by atoms with Crippen LogP contribution in [0.15, 0.2) is 18.6 Å². The van der Waals surface area contributed by atoms with Gasteiger partial charge in [-0.1, -0.05) is 0 Å². The molecule has 0 aliphatic rings. The van der Waals surface area contributed by atoms with Gasteiger partial charge in [0.05, 0.1) is 11.8 Å². The molecule has 5 nitrogen and oxygen atoms in total. The van der Waals surface area contributed by atoms with Crippen LogP contribution < -0.4 is 5.73 Å². The number of rotatable bonds is 2. The highest BCUT2D eigenvalue weighted by Gasteiger charge is 2.17. The zero-order valence-electron chi connectivity index (χ0n) is 6.14. The van der Waals surface area contributed by atoms with Crippen molar-refractivity contribution in [3.8, 4) is 6.07 Å². The third-order valence-corrected chi connectivity index (χ3v) is 1.31. The highest BCUT2D eigenvalue weighted by Crippen LogP contribution is 2.08. The zero-order valence-corrected chi connectivity index (χ0v) is 6.14. The number of nitrogens with two attached hydrogens (primary N) is 1. The fourth-order valence-electron chi connectivity index (χ4n) is 0.747. The van der Waals surface area contributed by atoms with E-state index in [9.17, 15) is 4.79 Å². The van der Waals surface area contributed by atoms with Crippen LogP contribution >= 0.6 is 0 Å². The van der Waals surface area contributed by atoms with Crippen LogP contribution in [0.3, 0.4) is 0 Å². The Labute approximate surface area is 68.9 Å². The van der Waals surface area contributed by atoms with E-state index in [-0.39, 0.29) is 0 Å². The largest absolute Gasteiger partial charge is 0.368 e. The van der Waals surface area contributed by atoms with Crippen LogP contribution in [0, 0.1) is 11.3 Å². The first kappa shape index (κ1) is 8.14. The molecule has 1 atom stereocenters. The van der Waals surface area contributed by atoms with E-state index in [1.807, 2.05) is 0 Å². The summed E-state index contributed by atoms with van der Waals surface area (Å²) in [7, 11) is 0. The van der Waals surface area contributed by atoms with Crippen LogP contribution in [0.2, 0.25) is 0 Å². The summed E-state index contributed by atoms with van der Waals surface area (Å²) in [6.07, 6.45) is 2.72. The average molecular weight is 162 g/mol. The highest BCUT2D eigenvalue weighted by atomic mass is 16.1. The predicted octanol–water partition coefficient (Wildman–Crippen LogP) is -0.431. The highest BCUT2D eigenvalue weighted by molar-refractivity contribution is 5.84. The molecule has 60 valence electrons. The number of aromatic nitrogens is 2. The van der Waals surface area contributed by atoms with Gasteiger partial charge in [0.15, 0.2) is 5.92 Å². The van der Waals surface area contributed by atoms with Gasteiger partial charge in [-0.25, -0.2) is 9.97 Å². The number of hydrogen-bond acceptors (Lipinski definition) is 4. The fraction of sp³-hybridized carbons (Fsp3) is 0.143. The SMILES string of the molecule is N#CC(C(N)=O)c1ccncn1. The number of carbonyl (C=O) groups excluding carboxylic acids is 1. The van der Waals surface area contributed by atoms with Gasteiger partial charge in [0, 0.05) is 6.20 Å². The average Bonchev–Trinajstić information content (AvgIpc) is 2.07. The summed E-state index contributed by atoms with van der Waals surface area (Å²) in [6, 6.07) is 3.24. The Morgan fingerprint density at radius 2 is 2.50 bits per heavy atom. The number of hydrogen-bond donors (Lipinski definition) is 1. The first-order valence-electron chi connectivity index (χ1n) is 3.20. The molecule has 1 aromatic rings. The maximum Gasteiger partial charge on any atom is 0.240 e. The lowest BCUT2D eigenvalue weighted by molar-refractivity contribution is -0.118. The van der Waals surface area contributed by atoms with Gasteiger partial charge in [0.2, 0.25) is 5.91 Å². The quantitative estimate of drug-likeness (QED) is 0.638. The van der Waals surface area contributed by atoms with Gasteiger partial charge in [0.25, 0.3) is 0 Å². The number of nitriles is 1. The van der Waals surface area contributed by atoms with Crippen molar-refractivity contribution in [2.75, 3.05) is 0 Å². The second kappa shape index (κ2) is 3.44. The maximum absolute atomic E-state index is 10.7. The Kier molecular flexibility index (Phi) is 2.33. The summed E-state index contributed by atoms with van der Waals surface area (Å²) in [6.45, 7) is 0. The second-order valence-electron chi connectivity index (χ2n) is 2.10. The number of nitrogens with zero attached hydrogens (tertiary/aromatic N) is 3. The molecule has 0 fully saturated rings. The minimum absolute atomic E-state index is 0.333. The van der Waals surface area contributed by atoms with Gasteiger partial charge in [-0.05, 0) is 6.07 Å². The lowest BCUT2D eigenvalue weighted by Gasteiger charge is -2.01. The molecule has 0 spiro atoms. The van der Waals surface area contributed by atoms with Gasteiger partial charge in [0.1, 0.15) is 6.33 Å². The summed E-state index contributed by atoms with van der Waals surface area (Å²) in [5.74, 6) is -1.68. The van der Waals surface area contributed by atoms with E-state index < -0.39 is 11.8 Å². The van der Waals surface area contributed by atoms with Crippen molar-refractivity contribution >= 4 is 5.91 Å². The Hall–Kier alpha value is -1.96. The van der Waals surface area contributed by atoms with E-state index >= 15 is 0 Å². The Balaban J connectivity index is 2.98. The van der Waals surface area contributed by atoms with Crippen LogP contribution in [0.25, 0.3) is 0 Å². The molecule has 1 amide bonds. The van der Waals surface area contributed by atoms with E-state index in [0.717, 1.165) is 0 Å². The summed E-state index contributed by atoms with van der Waals surface area (Å²) in [5, 5.41) is 8.54. The third-order valence-electron chi connectivity index (χ3n) is 1.31. The molecule has 0 bridgehead atoms. The molecule has 0 radical (unpaired) electrons. The summed E-state index contributed by atoms with van der Waals surface area (Å²) < 4.78 is 0. The smallest absolute Gasteiger partial charge is 0.240 e. The zero-order chi connectivity index (χ0) is 8.97. The molecule has 5 heteroatoms. The van der Waals surface area contributed by atoms with E-state index in [0.29, 0.717) is 5.69 Å². The lowest BCUT2D eigenvalue weighted by Crippen LogP contribution is -2.20. The fourth-order valence-corrected chi connectivity index (χ4v) is 0.747. The lowest BCUT2D eigenvalue weighted by atomic mass is 10.1. The maximum atomic E-state index is 10.7. The first-order valence-corrected chi connectivity index (χ1v) is 3.20. The van der Waals surface area contributed by atoms with E-state index in [4.69, 9.17) is 11.0 Å². The van der Waals surface area contributed by atoms with Crippen molar-refractivity contribution in [2.24, 2.45) is 5.73 Å². The van der Waals surface area contributed by atoms with E-state index in [1.54, 1.807) is 6.07 Å². The van der Waals surface area contributed by atoms with Crippen molar-refractivity contribution in [1.29, 1.82) is 5.26 Å². The van der Waals surface area contributed by atoms with Crippen molar-refractivity contribution in [2.45, 2.75) is 5.92 Å². The van der Waals surface area contributed by atoms with Gasteiger partial charge < -0.3 is 5.73 Å². The van der Waals surface area contributed by atoms with Crippen LogP contribution in [0.4, 0.5) is 0 Å². The third kappa shape index (κ3) is 1.55. The molecular formula is C7H6N4O. The number of carbonyl (C=O) groups is 1. The molecule has 1 rings (SSSR count). The molecule has 0 saturated heterocycles. The van der Waals surface area contributed by atoms with Crippen LogP contribution in [-0.2, 0) is 4.79 Å². The first-order chi connectivity index (χ1) is 5.75. The Morgan fingerprint density at radius 3 is 2.92 bits per heavy atom. The molecule has 1 aromatic heterocycles. The number of primary amides is 1. The normalized spacial score (nSPS) is 11.6. The molecule has 1 heterocycles. The molecule has 0 saturated carbocycles. The van der Waals surface area contributed by atoms with Crippen molar-refractivity contribution < 1.29 is 4.79 Å².